The van der Waals surface area contributed by atoms with Crippen molar-refractivity contribution in [2.45, 2.75) is 77.5 Å². The van der Waals surface area contributed by atoms with Gasteiger partial charge in [-0.25, -0.2) is 12.8 Å². The van der Waals surface area contributed by atoms with Crippen LogP contribution in [-0.4, -0.2) is 52.1 Å². The molecular weight excluding hydrogens is 658 g/mol. The number of carbonyl (C=O) groups excluding carboxylic acids is 1. The van der Waals surface area contributed by atoms with E-state index in [0.29, 0.717) is 47.5 Å². The number of ether oxygens (including phenoxy) is 1. The Morgan fingerprint density at radius 1 is 1.04 bits per heavy atom. The van der Waals surface area contributed by atoms with Crippen LogP contribution in [0.15, 0.2) is 71.1 Å². The maximum Gasteiger partial charge on any atom is 0.458 e. The number of halogens is 1. The lowest BCUT2D eigenvalue weighted by atomic mass is 9.77. The highest BCUT2D eigenvalue weighted by Crippen LogP contribution is 2.42. The molecule has 0 radical (unpaired) electrons. The van der Waals surface area contributed by atoms with Gasteiger partial charge in [0, 0.05) is 23.6 Å². The summed E-state index contributed by atoms with van der Waals surface area (Å²) in [5.74, 6) is -0.662. The minimum atomic E-state index is -3.84. The SMILES string of the molecule is CC1(C)OB(CC(COCc2ccccc2)CN(c2cc3oc(-c4ccc(F)cc4)c(C(N)=O)c3cc2CCC2CC2)S(C)(=O)=O)OC1(C)C. The molecule has 1 amide bonds. The van der Waals surface area contributed by atoms with E-state index in [1.807, 2.05) is 64.1 Å². The van der Waals surface area contributed by atoms with Crippen LogP contribution in [0.25, 0.3) is 22.3 Å². The molecule has 1 saturated heterocycles. The number of amides is 1. The van der Waals surface area contributed by atoms with Gasteiger partial charge in [0.25, 0.3) is 5.91 Å². The first-order chi connectivity index (χ1) is 23.6. The Hall–Kier alpha value is -3.71. The third kappa shape index (κ3) is 8.09. The van der Waals surface area contributed by atoms with Crippen molar-refractivity contribution in [3.63, 3.8) is 0 Å². The van der Waals surface area contributed by atoms with E-state index >= 15 is 0 Å². The third-order valence-corrected chi connectivity index (χ3v) is 11.3. The van der Waals surface area contributed by atoms with E-state index in [1.54, 1.807) is 6.07 Å². The van der Waals surface area contributed by atoms with Crippen molar-refractivity contribution in [1.82, 2.24) is 0 Å². The summed E-state index contributed by atoms with van der Waals surface area (Å²) in [6.45, 7) is 8.67. The Balaban J connectivity index is 1.39. The molecule has 6 rings (SSSR count). The minimum absolute atomic E-state index is 0.0911. The minimum Gasteiger partial charge on any atom is -0.455 e. The normalized spacial score (nSPS) is 17.7. The molecule has 2 fully saturated rings. The van der Waals surface area contributed by atoms with Crippen LogP contribution in [0.3, 0.4) is 0 Å². The number of carbonyl (C=O) groups is 1. The number of nitrogens with zero attached hydrogens (tertiary/aromatic N) is 1. The van der Waals surface area contributed by atoms with Gasteiger partial charge < -0.3 is 24.2 Å². The Morgan fingerprint density at radius 2 is 1.70 bits per heavy atom. The molecular formula is C38H46BFN2O7S. The van der Waals surface area contributed by atoms with Gasteiger partial charge in [-0.3, -0.25) is 9.10 Å². The Morgan fingerprint density at radius 3 is 2.30 bits per heavy atom. The second-order valence-electron chi connectivity index (χ2n) is 14.7. The summed E-state index contributed by atoms with van der Waals surface area (Å²) >= 11 is 0. The van der Waals surface area contributed by atoms with Crippen molar-refractivity contribution in [1.29, 1.82) is 0 Å². The molecule has 50 heavy (non-hydrogen) atoms. The van der Waals surface area contributed by atoms with Gasteiger partial charge in [-0.1, -0.05) is 43.2 Å². The van der Waals surface area contributed by atoms with Crippen molar-refractivity contribution < 1.29 is 36.1 Å². The van der Waals surface area contributed by atoms with E-state index in [4.69, 9.17) is 24.2 Å². The van der Waals surface area contributed by atoms with Crippen molar-refractivity contribution in [2.24, 2.45) is 17.6 Å². The number of rotatable bonds is 15. The summed E-state index contributed by atoms with van der Waals surface area (Å²) in [5, 5.41) is 0.486. The zero-order valence-corrected chi connectivity index (χ0v) is 30.2. The van der Waals surface area contributed by atoms with Crippen LogP contribution in [0.1, 0.15) is 68.4 Å². The van der Waals surface area contributed by atoms with Gasteiger partial charge in [0.15, 0.2) is 0 Å². The lowest BCUT2D eigenvalue weighted by Crippen LogP contribution is -2.41. The number of nitrogens with two attached hydrogens (primary N) is 1. The van der Waals surface area contributed by atoms with Crippen LogP contribution in [0.4, 0.5) is 10.1 Å². The zero-order chi connectivity index (χ0) is 35.8. The van der Waals surface area contributed by atoms with Gasteiger partial charge in [-0.05, 0) is 100 Å². The molecule has 2 heterocycles. The number of furan rings is 1. The van der Waals surface area contributed by atoms with Crippen LogP contribution in [0.2, 0.25) is 6.32 Å². The molecule has 2 aliphatic rings. The Labute approximate surface area is 294 Å². The molecule has 1 unspecified atom stereocenters. The highest BCUT2D eigenvalue weighted by Gasteiger charge is 2.51. The third-order valence-electron chi connectivity index (χ3n) is 10.1. The fourth-order valence-electron chi connectivity index (χ4n) is 6.52. The van der Waals surface area contributed by atoms with Crippen LogP contribution < -0.4 is 10.0 Å². The highest BCUT2D eigenvalue weighted by atomic mass is 32.2. The Bertz CT molecular complexity index is 1930. The summed E-state index contributed by atoms with van der Waals surface area (Å²) in [6.07, 6.45) is 5.34. The van der Waals surface area contributed by atoms with Gasteiger partial charge >= 0.3 is 7.12 Å². The van der Waals surface area contributed by atoms with Gasteiger partial charge in [-0.2, -0.15) is 0 Å². The first-order valence-electron chi connectivity index (χ1n) is 17.2. The topological polar surface area (TPSA) is 121 Å². The molecule has 1 saturated carbocycles. The summed E-state index contributed by atoms with van der Waals surface area (Å²) in [4.78, 5) is 12.9. The van der Waals surface area contributed by atoms with E-state index < -0.39 is 40.1 Å². The van der Waals surface area contributed by atoms with Crippen LogP contribution in [-0.2, 0) is 37.1 Å². The second kappa shape index (κ2) is 14.1. The van der Waals surface area contributed by atoms with E-state index in [2.05, 4.69) is 0 Å². The molecule has 1 aliphatic carbocycles. The lowest BCUT2D eigenvalue weighted by molar-refractivity contribution is 0.00578. The van der Waals surface area contributed by atoms with Crippen LogP contribution in [0.5, 0.6) is 0 Å². The van der Waals surface area contributed by atoms with Gasteiger partial charge in [0.1, 0.15) is 17.2 Å². The van der Waals surface area contributed by atoms with Crippen molar-refractivity contribution in [3.8, 4) is 11.3 Å². The van der Waals surface area contributed by atoms with Crippen LogP contribution >= 0.6 is 0 Å². The summed E-state index contributed by atoms with van der Waals surface area (Å²) in [5.41, 5.74) is 8.00. The van der Waals surface area contributed by atoms with Crippen LogP contribution in [0, 0.1) is 17.7 Å². The molecule has 1 aromatic heterocycles. The van der Waals surface area contributed by atoms with E-state index in [0.717, 1.165) is 30.4 Å². The molecule has 9 nitrogen and oxygen atoms in total. The fraction of sp³-hybridized carbons (Fsp3) is 0.447. The fourth-order valence-corrected chi connectivity index (χ4v) is 7.53. The zero-order valence-electron chi connectivity index (χ0n) is 29.4. The summed E-state index contributed by atoms with van der Waals surface area (Å²) < 4.78 is 67.9. The van der Waals surface area contributed by atoms with E-state index in [-0.39, 0.29) is 30.4 Å². The number of anilines is 1. The quantitative estimate of drug-likeness (QED) is 0.128. The second-order valence-corrected chi connectivity index (χ2v) is 16.6. The number of aryl methyl sites for hydroxylation is 1. The highest BCUT2D eigenvalue weighted by molar-refractivity contribution is 7.92. The molecule has 0 bridgehead atoms. The first-order valence-corrected chi connectivity index (χ1v) is 19.1. The van der Waals surface area contributed by atoms with Crippen molar-refractivity contribution >= 4 is 39.7 Å². The van der Waals surface area contributed by atoms with Gasteiger partial charge in [-0.15, -0.1) is 0 Å². The average Bonchev–Trinajstić information content (AvgIpc) is 3.75. The average molecular weight is 705 g/mol. The predicted octanol–water partition coefficient (Wildman–Crippen LogP) is 7.37. The van der Waals surface area contributed by atoms with E-state index in [1.165, 1.54) is 34.8 Å². The molecule has 266 valence electrons. The molecule has 1 atom stereocenters. The number of hydrogen-bond acceptors (Lipinski definition) is 7. The summed E-state index contributed by atoms with van der Waals surface area (Å²) in [6, 6.07) is 18.9. The van der Waals surface area contributed by atoms with Crippen molar-refractivity contribution in [2.75, 3.05) is 23.7 Å². The molecule has 4 aromatic rings. The monoisotopic (exact) mass is 704 g/mol. The number of primary amides is 1. The summed E-state index contributed by atoms with van der Waals surface area (Å²) in [7, 11) is -4.40. The number of benzene rings is 3. The number of hydrogen-bond donors (Lipinski definition) is 1. The standard InChI is InChI=1S/C38H46BFN2O7S/c1-37(2)38(3,4)49-39(48-37)21-27(24-46-23-26-9-7-6-8-10-26)22-42(50(5,44)45)32-20-33-31(19-29(32)14-13-25-11-12-25)34(36(41)43)35(47-33)28-15-17-30(40)18-16-28/h6-10,15-20,25,27H,11-14,21-24H2,1-5H3,(H2,41,43). The molecule has 0 spiro atoms. The number of fused-ring (bicyclic) bond motifs is 1. The maximum absolute atomic E-state index is 13.8. The smallest absolute Gasteiger partial charge is 0.455 e. The lowest BCUT2D eigenvalue weighted by Gasteiger charge is -2.32. The number of sulfonamides is 1. The Kier molecular flexibility index (Phi) is 10.2. The van der Waals surface area contributed by atoms with Gasteiger partial charge in [0.2, 0.25) is 10.0 Å². The molecule has 1 aliphatic heterocycles. The van der Waals surface area contributed by atoms with Crippen molar-refractivity contribution in [3.05, 3.63) is 89.2 Å². The van der Waals surface area contributed by atoms with Gasteiger partial charge in [0.05, 0.1) is 41.9 Å². The molecule has 12 heteroatoms. The largest absolute Gasteiger partial charge is 0.458 e. The maximum atomic E-state index is 13.8. The van der Waals surface area contributed by atoms with E-state index in [9.17, 15) is 17.6 Å². The predicted molar refractivity (Wildman–Crippen MR) is 194 cm³/mol. The molecule has 2 N–H and O–H groups in total. The first kappa shape index (κ1) is 36.1. The molecule has 3 aromatic carbocycles.